The molecule has 94 valence electrons. The third kappa shape index (κ3) is 2.54. The van der Waals surface area contributed by atoms with Gasteiger partial charge in [0.1, 0.15) is 0 Å². The van der Waals surface area contributed by atoms with Crippen molar-refractivity contribution >= 4 is 0 Å². The van der Waals surface area contributed by atoms with Crippen LogP contribution in [-0.2, 0) is 13.5 Å². The van der Waals surface area contributed by atoms with Gasteiger partial charge in [-0.2, -0.15) is 5.10 Å². The summed E-state index contributed by atoms with van der Waals surface area (Å²) in [6.45, 7) is 0. The van der Waals surface area contributed by atoms with E-state index in [4.69, 9.17) is 5.73 Å². The number of aromatic nitrogens is 2. The van der Waals surface area contributed by atoms with Crippen LogP contribution in [0.3, 0.4) is 0 Å². The predicted molar refractivity (Wildman–Crippen MR) is 68.5 cm³/mol. The number of aryl methyl sites for hydroxylation is 1. The Hall–Kier alpha value is -0.830. The monoisotopic (exact) mass is 233 g/mol. The van der Waals surface area contributed by atoms with E-state index in [9.17, 15) is 0 Å². The summed E-state index contributed by atoms with van der Waals surface area (Å²) in [5.74, 6) is 1.91. The van der Waals surface area contributed by atoms with Gasteiger partial charge in [-0.1, -0.05) is 12.8 Å². The molecular formula is C14H23N3. The molecule has 2 aliphatic rings. The summed E-state index contributed by atoms with van der Waals surface area (Å²) in [5.41, 5.74) is 7.95. The second-order valence-electron chi connectivity index (χ2n) is 6.26. The van der Waals surface area contributed by atoms with E-state index in [1.54, 1.807) is 0 Å². The molecule has 0 aromatic carbocycles. The van der Waals surface area contributed by atoms with Gasteiger partial charge < -0.3 is 5.73 Å². The molecule has 3 heteroatoms. The fourth-order valence-corrected chi connectivity index (χ4v) is 3.54. The van der Waals surface area contributed by atoms with Crippen LogP contribution in [0.2, 0.25) is 0 Å². The molecule has 0 radical (unpaired) electrons. The molecule has 2 aliphatic carbocycles. The molecule has 0 saturated heterocycles. The quantitative estimate of drug-likeness (QED) is 0.870. The average Bonchev–Trinajstić information content (AvgIpc) is 3.04. The van der Waals surface area contributed by atoms with Crippen molar-refractivity contribution in [3.63, 3.8) is 0 Å². The smallest absolute Gasteiger partial charge is 0.0522 e. The molecule has 0 bridgehead atoms. The van der Waals surface area contributed by atoms with E-state index in [-0.39, 0.29) is 5.54 Å². The van der Waals surface area contributed by atoms with E-state index in [2.05, 4.69) is 11.3 Å². The third-order valence-corrected chi connectivity index (χ3v) is 4.52. The minimum absolute atomic E-state index is 0.0363. The Balaban J connectivity index is 1.67. The lowest BCUT2D eigenvalue weighted by Gasteiger charge is -2.38. The minimum Gasteiger partial charge on any atom is -0.325 e. The first kappa shape index (κ1) is 11.3. The molecule has 2 atom stereocenters. The molecule has 3 nitrogen and oxygen atoms in total. The van der Waals surface area contributed by atoms with Crippen molar-refractivity contribution in [2.24, 2.45) is 24.6 Å². The summed E-state index contributed by atoms with van der Waals surface area (Å²) in [4.78, 5) is 0. The van der Waals surface area contributed by atoms with Crippen LogP contribution in [0.25, 0.3) is 0 Å². The molecule has 1 aromatic heterocycles. The second-order valence-corrected chi connectivity index (χ2v) is 6.26. The molecule has 1 aromatic rings. The molecule has 17 heavy (non-hydrogen) atoms. The van der Waals surface area contributed by atoms with E-state index in [1.165, 1.54) is 44.1 Å². The normalized spacial score (nSPS) is 33.9. The summed E-state index contributed by atoms with van der Waals surface area (Å²) in [7, 11) is 1.97. The molecule has 2 fully saturated rings. The SMILES string of the molecule is Cn1cc(CC2(N)CCCC(C3CC3)C2)cn1. The van der Waals surface area contributed by atoms with Crippen molar-refractivity contribution in [1.82, 2.24) is 9.78 Å². The average molecular weight is 233 g/mol. The molecule has 2 N–H and O–H groups in total. The maximum Gasteiger partial charge on any atom is 0.0522 e. The van der Waals surface area contributed by atoms with Gasteiger partial charge in [0, 0.05) is 18.8 Å². The van der Waals surface area contributed by atoms with E-state index < -0.39 is 0 Å². The highest BCUT2D eigenvalue weighted by atomic mass is 15.2. The zero-order valence-corrected chi connectivity index (χ0v) is 10.7. The summed E-state index contributed by atoms with van der Waals surface area (Å²) < 4.78 is 1.87. The van der Waals surface area contributed by atoms with Crippen LogP contribution in [0, 0.1) is 11.8 Å². The highest BCUT2D eigenvalue weighted by Gasteiger charge is 2.39. The Bertz CT molecular complexity index is 394. The molecule has 2 saturated carbocycles. The zero-order chi connectivity index (χ0) is 11.9. The van der Waals surface area contributed by atoms with Crippen LogP contribution in [-0.4, -0.2) is 15.3 Å². The highest BCUT2D eigenvalue weighted by Crippen LogP contribution is 2.46. The lowest BCUT2D eigenvalue weighted by atomic mass is 9.72. The third-order valence-electron chi connectivity index (χ3n) is 4.52. The Morgan fingerprint density at radius 3 is 2.88 bits per heavy atom. The minimum atomic E-state index is 0.0363. The molecular weight excluding hydrogens is 210 g/mol. The first-order chi connectivity index (χ1) is 8.15. The van der Waals surface area contributed by atoms with E-state index in [1.807, 2.05) is 17.9 Å². The maximum atomic E-state index is 6.62. The number of nitrogens with zero attached hydrogens (tertiary/aromatic N) is 2. The molecule has 0 amide bonds. The van der Waals surface area contributed by atoms with Crippen LogP contribution < -0.4 is 5.73 Å². The van der Waals surface area contributed by atoms with Gasteiger partial charge in [-0.15, -0.1) is 0 Å². The highest BCUT2D eigenvalue weighted by molar-refractivity contribution is 5.11. The van der Waals surface area contributed by atoms with Crippen LogP contribution in [0.5, 0.6) is 0 Å². The largest absolute Gasteiger partial charge is 0.325 e. The fourth-order valence-electron chi connectivity index (χ4n) is 3.54. The Labute approximate surface area is 103 Å². The van der Waals surface area contributed by atoms with E-state index in [0.717, 1.165) is 18.3 Å². The predicted octanol–water partition coefficient (Wildman–Crippen LogP) is 2.26. The van der Waals surface area contributed by atoms with Crippen molar-refractivity contribution in [3.05, 3.63) is 18.0 Å². The topological polar surface area (TPSA) is 43.8 Å². The van der Waals surface area contributed by atoms with Gasteiger partial charge in [-0.25, -0.2) is 0 Å². The fraction of sp³-hybridized carbons (Fsp3) is 0.786. The molecule has 0 spiro atoms. The van der Waals surface area contributed by atoms with Crippen LogP contribution >= 0.6 is 0 Å². The Morgan fingerprint density at radius 1 is 1.41 bits per heavy atom. The number of rotatable bonds is 3. The van der Waals surface area contributed by atoms with Crippen molar-refractivity contribution in [3.8, 4) is 0 Å². The van der Waals surface area contributed by atoms with Crippen LogP contribution in [0.1, 0.15) is 44.1 Å². The summed E-state index contributed by atoms with van der Waals surface area (Å²) in [6, 6.07) is 0. The van der Waals surface area contributed by atoms with Crippen LogP contribution in [0.15, 0.2) is 12.4 Å². The maximum absolute atomic E-state index is 6.62. The molecule has 2 unspecified atom stereocenters. The van der Waals surface area contributed by atoms with Crippen LogP contribution in [0.4, 0.5) is 0 Å². The van der Waals surface area contributed by atoms with Crippen molar-refractivity contribution in [1.29, 1.82) is 0 Å². The molecule has 0 aliphatic heterocycles. The first-order valence-electron chi connectivity index (χ1n) is 6.91. The van der Waals surface area contributed by atoms with E-state index in [0.29, 0.717) is 0 Å². The van der Waals surface area contributed by atoms with Crippen molar-refractivity contribution in [2.75, 3.05) is 0 Å². The second kappa shape index (κ2) is 4.13. The summed E-state index contributed by atoms with van der Waals surface area (Å²) in [5, 5.41) is 4.24. The lowest BCUT2D eigenvalue weighted by Crippen LogP contribution is -2.46. The Kier molecular flexibility index (Phi) is 2.74. The number of hydrogen-bond donors (Lipinski definition) is 1. The number of hydrogen-bond acceptors (Lipinski definition) is 2. The summed E-state index contributed by atoms with van der Waals surface area (Å²) >= 11 is 0. The van der Waals surface area contributed by atoms with Gasteiger partial charge in [-0.3, -0.25) is 4.68 Å². The molecule has 3 rings (SSSR count). The van der Waals surface area contributed by atoms with E-state index >= 15 is 0 Å². The first-order valence-corrected chi connectivity index (χ1v) is 6.91. The van der Waals surface area contributed by atoms with Crippen molar-refractivity contribution < 1.29 is 0 Å². The van der Waals surface area contributed by atoms with Gasteiger partial charge in [-0.05, 0) is 49.5 Å². The summed E-state index contributed by atoms with van der Waals surface area (Å²) in [6.07, 6.45) is 13.1. The van der Waals surface area contributed by atoms with Gasteiger partial charge in [0.05, 0.1) is 6.20 Å². The van der Waals surface area contributed by atoms with Gasteiger partial charge >= 0.3 is 0 Å². The Morgan fingerprint density at radius 2 is 2.24 bits per heavy atom. The lowest BCUT2D eigenvalue weighted by molar-refractivity contribution is 0.204. The van der Waals surface area contributed by atoms with Gasteiger partial charge in [0.2, 0.25) is 0 Å². The zero-order valence-electron chi connectivity index (χ0n) is 10.7. The van der Waals surface area contributed by atoms with Gasteiger partial charge in [0.15, 0.2) is 0 Å². The van der Waals surface area contributed by atoms with Crippen molar-refractivity contribution in [2.45, 2.75) is 50.5 Å². The molecule has 1 heterocycles. The number of nitrogens with two attached hydrogens (primary N) is 1. The van der Waals surface area contributed by atoms with Gasteiger partial charge in [0.25, 0.3) is 0 Å². The standard InChI is InChI=1S/C14H23N3/c1-17-10-11(9-16-17)7-14(15)6-2-3-13(8-14)12-4-5-12/h9-10,12-13H,2-8,15H2,1H3.